The summed E-state index contributed by atoms with van der Waals surface area (Å²) in [5.74, 6) is 0.158. The molecule has 0 radical (unpaired) electrons. The van der Waals surface area contributed by atoms with E-state index in [0.717, 1.165) is 32.6 Å². The first kappa shape index (κ1) is 18.8. The molecule has 0 saturated carbocycles. The first-order valence-electron chi connectivity index (χ1n) is 8.87. The predicted molar refractivity (Wildman–Crippen MR) is 114 cm³/mol. The fourth-order valence-electron chi connectivity index (χ4n) is 3.14. The monoisotopic (exact) mass is 403 g/mol. The summed E-state index contributed by atoms with van der Waals surface area (Å²) in [5.41, 5.74) is 3.47. The van der Waals surface area contributed by atoms with Crippen molar-refractivity contribution >= 4 is 39.9 Å². The van der Waals surface area contributed by atoms with E-state index in [0.29, 0.717) is 0 Å². The number of fused-ring (bicyclic) bond motifs is 1. The van der Waals surface area contributed by atoms with Crippen molar-refractivity contribution in [3.8, 4) is 0 Å². The maximum atomic E-state index is 11.9. The lowest BCUT2D eigenvalue weighted by Gasteiger charge is -2.10. The number of hydrogen-bond donors (Lipinski definition) is 1. The number of benzene rings is 2. The molecule has 0 atom stereocenters. The topological polar surface area (TPSA) is 93.8 Å². The van der Waals surface area contributed by atoms with Crippen molar-refractivity contribution in [2.24, 2.45) is 0 Å². The zero-order chi connectivity index (χ0) is 20.4. The van der Waals surface area contributed by atoms with Crippen molar-refractivity contribution < 1.29 is 4.92 Å². The molecule has 2 aromatic heterocycles. The molecule has 4 aromatic rings. The van der Waals surface area contributed by atoms with Gasteiger partial charge in [-0.1, -0.05) is 36.0 Å². The van der Waals surface area contributed by atoms with Gasteiger partial charge in [0.1, 0.15) is 6.33 Å². The fourth-order valence-corrected chi connectivity index (χ4v) is 4.13. The summed E-state index contributed by atoms with van der Waals surface area (Å²) < 4.78 is 0. The number of pyridine rings is 1. The molecular formula is C21H17N5O2S. The normalized spacial score (nSPS) is 10.8. The average Bonchev–Trinajstić information content (AvgIpc) is 2.67. The van der Waals surface area contributed by atoms with Gasteiger partial charge in [0.05, 0.1) is 10.4 Å². The number of para-hydroxylation sites is 1. The Morgan fingerprint density at radius 3 is 2.52 bits per heavy atom. The van der Waals surface area contributed by atoms with Crippen molar-refractivity contribution in [1.82, 2.24) is 15.0 Å². The molecule has 0 aliphatic heterocycles. The van der Waals surface area contributed by atoms with E-state index in [9.17, 15) is 10.1 Å². The molecule has 2 aromatic carbocycles. The van der Waals surface area contributed by atoms with Crippen molar-refractivity contribution in [2.75, 3.05) is 5.32 Å². The van der Waals surface area contributed by atoms with Crippen molar-refractivity contribution in [3.05, 3.63) is 82.3 Å². The molecule has 0 aliphatic rings. The van der Waals surface area contributed by atoms with Crippen LogP contribution >= 0.6 is 11.8 Å². The Hall–Kier alpha value is -3.52. The Kier molecular flexibility index (Phi) is 5.09. The molecule has 4 rings (SSSR count). The summed E-state index contributed by atoms with van der Waals surface area (Å²) in [6.07, 6.45) is 3.03. The Balaban J connectivity index is 1.76. The first-order valence-corrected chi connectivity index (χ1v) is 9.69. The second kappa shape index (κ2) is 7.84. The molecule has 0 saturated heterocycles. The molecular weight excluding hydrogens is 386 g/mol. The third-order valence-corrected chi connectivity index (χ3v) is 5.30. The molecule has 0 aliphatic carbocycles. The van der Waals surface area contributed by atoms with Crippen LogP contribution in [0, 0.1) is 24.0 Å². The minimum atomic E-state index is -0.453. The highest BCUT2D eigenvalue weighted by Gasteiger charge is 2.24. The fraction of sp³-hybridized carbons (Fsp3) is 0.0952. The second-order valence-electron chi connectivity index (χ2n) is 6.57. The molecule has 29 heavy (non-hydrogen) atoms. The highest BCUT2D eigenvalue weighted by atomic mass is 32.2. The van der Waals surface area contributed by atoms with E-state index in [1.165, 1.54) is 18.1 Å². The van der Waals surface area contributed by atoms with Crippen LogP contribution in [0.25, 0.3) is 10.9 Å². The number of aromatic nitrogens is 3. The standard InChI is InChI=1S/C21H17N5O2S/c1-13-9-14(2)11-16(10-13)25-20-19(26(27)28)21(24-12-23-20)29-17-7-3-5-15-6-4-8-22-18(15)17/h3-12H,1-2H3,(H,23,24,25). The van der Waals surface area contributed by atoms with Crippen LogP contribution in [0.4, 0.5) is 17.2 Å². The van der Waals surface area contributed by atoms with E-state index >= 15 is 0 Å². The smallest absolute Gasteiger partial charge is 0.334 e. The Bertz CT molecular complexity index is 1200. The summed E-state index contributed by atoms with van der Waals surface area (Å²) in [4.78, 5) is 24.9. The quantitative estimate of drug-likeness (QED) is 0.269. The van der Waals surface area contributed by atoms with E-state index in [1.807, 2.05) is 62.4 Å². The van der Waals surface area contributed by atoms with Gasteiger partial charge in [0.15, 0.2) is 5.03 Å². The average molecular weight is 403 g/mol. The number of aryl methyl sites for hydroxylation is 2. The maximum absolute atomic E-state index is 11.9. The summed E-state index contributed by atoms with van der Waals surface area (Å²) in [6, 6.07) is 15.4. The third kappa shape index (κ3) is 4.02. The molecule has 0 fully saturated rings. The third-order valence-electron chi connectivity index (χ3n) is 4.26. The van der Waals surface area contributed by atoms with E-state index in [-0.39, 0.29) is 16.5 Å². The zero-order valence-corrected chi connectivity index (χ0v) is 16.6. The van der Waals surface area contributed by atoms with Crippen molar-refractivity contribution in [3.63, 3.8) is 0 Å². The molecule has 8 heteroatoms. The van der Waals surface area contributed by atoms with Crippen molar-refractivity contribution in [2.45, 2.75) is 23.8 Å². The Labute approximate surface area is 171 Å². The van der Waals surface area contributed by atoms with Crippen LogP contribution in [0.1, 0.15) is 11.1 Å². The van der Waals surface area contributed by atoms with Crippen LogP contribution < -0.4 is 5.32 Å². The van der Waals surface area contributed by atoms with Crippen LogP contribution in [0.3, 0.4) is 0 Å². The highest BCUT2D eigenvalue weighted by molar-refractivity contribution is 7.99. The van der Waals surface area contributed by atoms with Gasteiger partial charge in [-0.15, -0.1) is 0 Å². The SMILES string of the molecule is Cc1cc(C)cc(Nc2ncnc(Sc3cccc4cccnc34)c2[N+](=O)[O-])c1. The summed E-state index contributed by atoms with van der Waals surface area (Å²) >= 11 is 1.21. The molecule has 0 amide bonds. The number of nitrogens with one attached hydrogen (secondary N) is 1. The number of nitrogens with zero attached hydrogens (tertiary/aromatic N) is 4. The second-order valence-corrected chi connectivity index (χ2v) is 7.60. The van der Waals surface area contributed by atoms with Gasteiger partial charge < -0.3 is 5.32 Å². The maximum Gasteiger partial charge on any atom is 0.343 e. The molecule has 0 unspecified atom stereocenters. The van der Waals surface area contributed by atoms with Crippen LogP contribution in [-0.2, 0) is 0 Å². The highest BCUT2D eigenvalue weighted by Crippen LogP contribution is 2.39. The summed E-state index contributed by atoms with van der Waals surface area (Å²) in [7, 11) is 0. The van der Waals surface area contributed by atoms with Gasteiger partial charge in [-0.05, 0) is 49.2 Å². The van der Waals surface area contributed by atoms with E-state index < -0.39 is 4.92 Å². The molecule has 0 bridgehead atoms. The van der Waals surface area contributed by atoms with Gasteiger partial charge in [-0.25, -0.2) is 9.97 Å². The number of anilines is 2. The van der Waals surface area contributed by atoms with Gasteiger partial charge in [0.2, 0.25) is 5.82 Å². The van der Waals surface area contributed by atoms with Crippen LogP contribution in [0.2, 0.25) is 0 Å². The van der Waals surface area contributed by atoms with Gasteiger partial charge in [-0.2, -0.15) is 0 Å². The Morgan fingerprint density at radius 2 is 1.76 bits per heavy atom. The van der Waals surface area contributed by atoms with Gasteiger partial charge in [0, 0.05) is 22.2 Å². The van der Waals surface area contributed by atoms with Gasteiger partial charge >= 0.3 is 5.69 Å². The molecule has 144 valence electrons. The van der Waals surface area contributed by atoms with Crippen LogP contribution in [0.15, 0.2) is 71.0 Å². The Morgan fingerprint density at radius 1 is 1.00 bits per heavy atom. The molecule has 0 spiro atoms. The van der Waals surface area contributed by atoms with Crippen molar-refractivity contribution in [1.29, 1.82) is 0 Å². The lowest BCUT2D eigenvalue weighted by molar-refractivity contribution is -0.387. The number of rotatable bonds is 5. The molecule has 1 N–H and O–H groups in total. The van der Waals surface area contributed by atoms with Crippen LogP contribution in [-0.4, -0.2) is 19.9 Å². The van der Waals surface area contributed by atoms with Gasteiger partial charge in [0.25, 0.3) is 0 Å². The van der Waals surface area contributed by atoms with Crippen LogP contribution in [0.5, 0.6) is 0 Å². The number of hydrogen-bond acceptors (Lipinski definition) is 7. The lowest BCUT2D eigenvalue weighted by Crippen LogP contribution is -2.03. The molecule has 2 heterocycles. The summed E-state index contributed by atoms with van der Waals surface area (Å²) in [6.45, 7) is 3.95. The molecule has 7 nitrogen and oxygen atoms in total. The number of nitro groups is 1. The largest absolute Gasteiger partial charge is 0.343 e. The first-order chi connectivity index (χ1) is 14.0. The van der Waals surface area contributed by atoms with E-state index in [1.54, 1.807) is 6.20 Å². The minimum absolute atomic E-state index is 0.158. The lowest BCUT2D eigenvalue weighted by atomic mass is 10.1. The summed E-state index contributed by atoms with van der Waals surface area (Å²) in [5, 5.41) is 16.2. The van der Waals surface area contributed by atoms with Gasteiger partial charge in [-0.3, -0.25) is 15.1 Å². The van der Waals surface area contributed by atoms with E-state index in [2.05, 4.69) is 20.3 Å². The zero-order valence-electron chi connectivity index (χ0n) is 15.8. The minimum Gasteiger partial charge on any atom is -0.334 e. The van der Waals surface area contributed by atoms with E-state index in [4.69, 9.17) is 0 Å². The predicted octanol–water partition coefficient (Wildman–Crippen LogP) is 5.44.